The molecule has 2 nitrogen and oxygen atoms in total. The topological polar surface area (TPSA) is 15.8 Å². The van der Waals surface area contributed by atoms with Crippen molar-refractivity contribution in [2.45, 2.75) is 33.0 Å². The molecule has 0 amide bonds. The van der Waals surface area contributed by atoms with Crippen LogP contribution in [-0.4, -0.2) is 30.3 Å². The van der Waals surface area contributed by atoms with Crippen molar-refractivity contribution < 1.29 is 4.74 Å². The number of ether oxygens (including phenoxy) is 1. The standard InChI is InChI=1S/C9H15NO/c1-4-5-6-10(8(2)3)9-7-11-9/h8-9H,6-7H2,1-3H3. The summed E-state index contributed by atoms with van der Waals surface area (Å²) in [5.74, 6) is 5.94. The van der Waals surface area contributed by atoms with Gasteiger partial charge in [-0.05, 0) is 20.8 Å². The molecule has 1 atom stereocenters. The van der Waals surface area contributed by atoms with E-state index in [0.29, 0.717) is 12.3 Å². The summed E-state index contributed by atoms with van der Waals surface area (Å²) >= 11 is 0. The van der Waals surface area contributed by atoms with E-state index in [1.807, 2.05) is 6.92 Å². The van der Waals surface area contributed by atoms with E-state index in [9.17, 15) is 0 Å². The third-order valence-electron chi connectivity index (χ3n) is 1.79. The van der Waals surface area contributed by atoms with Crippen molar-refractivity contribution >= 4 is 0 Å². The monoisotopic (exact) mass is 153 g/mol. The van der Waals surface area contributed by atoms with Crippen LogP contribution in [0.15, 0.2) is 0 Å². The highest BCUT2D eigenvalue weighted by atomic mass is 16.6. The predicted octanol–water partition coefficient (Wildman–Crippen LogP) is 1.08. The molecule has 0 aromatic rings. The van der Waals surface area contributed by atoms with Gasteiger partial charge in [0.05, 0.1) is 13.2 Å². The maximum atomic E-state index is 5.19. The lowest BCUT2D eigenvalue weighted by molar-refractivity contribution is 0.158. The minimum atomic E-state index is 0.343. The zero-order valence-electron chi connectivity index (χ0n) is 7.42. The van der Waals surface area contributed by atoms with Gasteiger partial charge in [-0.3, -0.25) is 4.90 Å². The molecule has 0 aromatic carbocycles. The molecule has 1 rings (SSSR count). The maximum Gasteiger partial charge on any atom is 0.135 e. The Bertz CT molecular complexity index is 172. The van der Waals surface area contributed by atoms with E-state index in [0.717, 1.165) is 13.2 Å². The number of epoxide rings is 1. The van der Waals surface area contributed by atoms with Crippen molar-refractivity contribution in [1.29, 1.82) is 0 Å². The van der Waals surface area contributed by atoms with E-state index >= 15 is 0 Å². The largest absolute Gasteiger partial charge is 0.357 e. The molecule has 0 saturated carbocycles. The fraction of sp³-hybridized carbons (Fsp3) is 0.778. The van der Waals surface area contributed by atoms with Crippen LogP contribution in [0.1, 0.15) is 20.8 Å². The van der Waals surface area contributed by atoms with Crippen molar-refractivity contribution in [3.8, 4) is 11.8 Å². The molecule has 1 aliphatic rings. The molecule has 0 bridgehead atoms. The van der Waals surface area contributed by atoms with Crippen LogP contribution in [0, 0.1) is 11.8 Å². The first-order chi connectivity index (χ1) is 5.25. The SMILES string of the molecule is CC#CCN(C(C)C)C1CO1. The van der Waals surface area contributed by atoms with Gasteiger partial charge in [0.25, 0.3) is 0 Å². The van der Waals surface area contributed by atoms with Gasteiger partial charge in [0.1, 0.15) is 6.23 Å². The molecular weight excluding hydrogens is 138 g/mol. The molecule has 2 heteroatoms. The first-order valence-electron chi connectivity index (χ1n) is 4.02. The number of hydrogen-bond donors (Lipinski definition) is 0. The lowest BCUT2D eigenvalue weighted by Crippen LogP contribution is -2.34. The van der Waals surface area contributed by atoms with E-state index in [4.69, 9.17) is 4.74 Å². The highest BCUT2D eigenvalue weighted by Gasteiger charge is 2.31. The zero-order valence-corrected chi connectivity index (χ0v) is 7.42. The van der Waals surface area contributed by atoms with Crippen LogP contribution in [0.2, 0.25) is 0 Å². The average Bonchev–Trinajstić information content (AvgIpc) is 2.71. The fourth-order valence-electron chi connectivity index (χ4n) is 1.02. The Hall–Kier alpha value is -0.520. The van der Waals surface area contributed by atoms with Crippen LogP contribution >= 0.6 is 0 Å². The Morgan fingerprint density at radius 3 is 2.64 bits per heavy atom. The molecule has 62 valence electrons. The van der Waals surface area contributed by atoms with E-state index in [-0.39, 0.29) is 0 Å². The van der Waals surface area contributed by atoms with Crippen molar-refractivity contribution in [3.63, 3.8) is 0 Å². The predicted molar refractivity (Wildman–Crippen MR) is 45.0 cm³/mol. The van der Waals surface area contributed by atoms with Gasteiger partial charge in [0.2, 0.25) is 0 Å². The van der Waals surface area contributed by atoms with Crippen LogP contribution in [0.4, 0.5) is 0 Å². The number of hydrogen-bond acceptors (Lipinski definition) is 2. The molecule has 1 unspecified atom stereocenters. The van der Waals surface area contributed by atoms with Gasteiger partial charge in [0.15, 0.2) is 0 Å². The Morgan fingerprint density at radius 1 is 1.64 bits per heavy atom. The Labute approximate surface area is 68.5 Å². The second kappa shape index (κ2) is 3.75. The van der Waals surface area contributed by atoms with Crippen LogP contribution in [-0.2, 0) is 4.74 Å². The second-order valence-corrected chi connectivity index (χ2v) is 2.98. The molecule has 0 N–H and O–H groups in total. The molecule has 1 saturated heterocycles. The first kappa shape index (κ1) is 8.58. The summed E-state index contributed by atoms with van der Waals surface area (Å²) in [6.45, 7) is 7.91. The van der Waals surface area contributed by atoms with Crippen LogP contribution in [0.3, 0.4) is 0 Å². The zero-order chi connectivity index (χ0) is 8.27. The highest BCUT2D eigenvalue weighted by molar-refractivity contribution is 4.99. The smallest absolute Gasteiger partial charge is 0.135 e. The molecule has 0 spiro atoms. The third-order valence-corrected chi connectivity index (χ3v) is 1.79. The second-order valence-electron chi connectivity index (χ2n) is 2.98. The van der Waals surface area contributed by atoms with Crippen LogP contribution in [0.5, 0.6) is 0 Å². The van der Waals surface area contributed by atoms with Gasteiger partial charge in [0, 0.05) is 6.04 Å². The Morgan fingerprint density at radius 2 is 2.27 bits per heavy atom. The van der Waals surface area contributed by atoms with Crippen LogP contribution < -0.4 is 0 Å². The van der Waals surface area contributed by atoms with Crippen molar-refractivity contribution in [1.82, 2.24) is 4.90 Å². The van der Waals surface area contributed by atoms with E-state index < -0.39 is 0 Å². The average molecular weight is 153 g/mol. The molecule has 0 aliphatic carbocycles. The summed E-state index contributed by atoms with van der Waals surface area (Å²) in [7, 11) is 0. The molecule has 1 aliphatic heterocycles. The summed E-state index contributed by atoms with van der Waals surface area (Å²) < 4.78 is 5.19. The summed E-state index contributed by atoms with van der Waals surface area (Å²) in [6, 6.07) is 0.531. The summed E-state index contributed by atoms with van der Waals surface area (Å²) in [5.41, 5.74) is 0. The Kier molecular flexibility index (Phi) is 2.92. The quantitative estimate of drug-likeness (QED) is 0.445. The van der Waals surface area contributed by atoms with Gasteiger partial charge in [-0.25, -0.2) is 0 Å². The molecule has 1 heterocycles. The molecule has 0 aromatic heterocycles. The number of rotatable bonds is 3. The van der Waals surface area contributed by atoms with E-state index in [2.05, 4.69) is 30.6 Å². The van der Waals surface area contributed by atoms with E-state index in [1.54, 1.807) is 0 Å². The third kappa shape index (κ3) is 2.53. The molecule has 1 fully saturated rings. The summed E-state index contributed by atoms with van der Waals surface area (Å²) in [5, 5.41) is 0. The molecular formula is C9H15NO. The lowest BCUT2D eigenvalue weighted by Gasteiger charge is -2.21. The van der Waals surface area contributed by atoms with E-state index in [1.165, 1.54) is 0 Å². The van der Waals surface area contributed by atoms with Crippen LogP contribution in [0.25, 0.3) is 0 Å². The lowest BCUT2D eigenvalue weighted by atomic mass is 10.3. The van der Waals surface area contributed by atoms with Gasteiger partial charge < -0.3 is 4.74 Å². The fourth-order valence-corrected chi connectivity index (χ4v) is 1.02. The minimum absolute atomic E-state index is 0.343. The Balaban J connectivity index is 2.36. The van der Waals surface area contributed by atoms with Gasteiger partial charge >= 0.3 is 0 Å². The van der Waals surface area contributed by atoms with Gasteiger partial charge in [-0.15, -0.1) is 5.92 Å². The normalized spacial score (nSPS) is 21.7. The van der Waals surface area contributed by atoms with Crippen molar-refractivity contribution in [2.75, 3.05) is 13.2 Å². The summed E-state index contributed by atoms with van der Waals surface area (Å²) in [6.07, 6.45) is 0.343. The molecule has 11 heavy (non-hydrogen) atoms. The summed E-state index contributed by atoms with van der Waals surface area (Å²) in [4.78, 5) is 2.26. The molecule has 0 radical (unpaired) electrons. The maximum absolute atomic E-state index is 5.19. The number of nitrogens with zero attached hydrogens (tertiary/aromatic N) is 1. The van der Waals surface area contributed by atoms with Gasteiger partial charge in [-0.2, -0.15) is 0 Å². The van der Waals surface area contributed by atoms with Crippen molar-refractivity contribution in [3.05, 3.63) is 0 Å². The first-order valence-corrected chi connectivity index (χ1v) is 4.02. The minimum Gasteiger partial charge on any atom is -0.357 e. The van der Waals surface area contributed by atoms with Gasteiger partial charge in [-0.1, -0.05) is 5.92 Å². The van der Waals surface area contributed by atoms with Crippen molar-refractivity contribution in [2.24, 2.45) is 0 Å². The highest BCUT2D eigenvalue weighted by Crippen LogP contribution is 2.17.